The number of nitrogens with zero attached hydrogens (tertiary/aromatic N) is 4. The summed E-state index contributed by atoms with van der Waals surface area (Å²) in [5.41, 5.74) is 4.73. The number of carbonyl (C=O) groups is 2. The van der Waals surface area contributed by atoms with Crippen molar-refractivity contribution in [3.05, 3.63) is 119 Å². The molecule has 2 amide bonds. The Morgan fingerprint density at radius 2 is 1.59 bits per heavy atom. The van der Waals surface area contributed by atoms with Crippen molar-refractivity contribution in [3.8, 4) is 28.8 Å². The highest BCUT2D eigenvalue weighted by Crippen LogP contribution is 2.31. The zero-order valence-electron chi connectivity index (χ0n) is 21.7. The van der Waals surface area contributed by atoms with Crippen LogP contribution in [-0.4, -0.2) is 33.0 Å². The molecular formula is C32H26N4O3. The van der Waals surface area contributed by atoms with Gasteiger partial charge in [0, 0.05) is 29.4 Å². The van der Waals surface area contributed by atoms with Crippen LogP contribution in [0, 0.1) is 11.3 Å². The number of likely N-dealkylation sites (N-methyl/N-ethyl adjacent to an activating group) is 1. The van der Waals surface area contributed by atoms with Crippen molar-refractivity contribution in [3.63, 3.8) is 0 Å². The summed E-state index contributed by atoms with van der Waals surface area (Å²) in [4.78, 5) is 27.0. The summed E-state index contributed by atoms with van der Waals surface area (Å²) in [6, 6.07) is 29.2. The number of rotatable bonds is 7. The van der Waals surface area contributed by atoms with Crippen LogP contribution < -0.4 is 4.74 Å². The molecular weight excluding hydrogens is 488 g/mol. The lowest BCUT2D eigenvalue weighted by Gasteiger charge is -2.26. The lowest BCUT2D eigenvalue weighted by atomic mass is 9.93. The summed E-state index contributed by atoms with van der Waals surface area (Å²) in [7, 11) is 0. The van der Waals surface area contributed by atoms with Gasteiger partial charge in [-0.2, -0.15) is 10.4 Å². The Hall–Kier alpha value is -5.22. The van der Waals surface area contributed by atoms with Gasteiger partial charge in [0.05, 0.1) is 11.4 Å². The molecule has 3 aromatic carbocycles. The van der Waals surface area contributed by atoms with Crippen LogP contribution in [0.15, 0.2) is 108 Å². The van der Waals surface area contributed by atoms with Gasteiger partial charge in [-0.3, -0.25) is 14.5 Å². The van der Waals surface area contributed by atoms with E-state index in [-0.39, 0.29) is 12.1 Å². The maximum absolute atomic E-state index is 13.3. The summed E-state index contributed by atoms with van der Waals surface area (Å²) < 4.78 is 7.69. The second kappa shape index (κ2) is 11.0. The van der Waals surface area contributed by atoms with Crippen LogP contribution in [0.4, 0.5) is 0 Å². The quantitative estimate of drug-likeness (QED) is 0.232. The van der Waals surface area contributed by atoms with Gasteiger partial charge in [-0.1, -0.05) is 48.5 Å². The van der Waals surface area contributed by atoms with Crippen molar-refractivity contribution in [2.45, 2.75) is 20.5 Å². The van der Waals surface area contributed by atoms with Gasteiger partial charge in [-0.25, -0.2) is 4.68 Å². The standard InChI is InChI=1S/C32H26N4O3/c1-3-35-31(37)28(22(2)29(19-33)32(35)38)18-25-20-36(26-12-8-5-9-13-26)34-30(25)24-14-16-27(17-15-24)39-21-23-10-6-4-7-11-23/h4-18,20H,3,21H2,1-2H3/b28-18-. The van der Waals surface area contributed by atoms with Crippen molar-refractivity contribution >= 4 is 17.9 Å². The molecule has 0 N–H and O–H groups in total. The highest BCUT2D eigenvalue weighted by Gasteiger charge is 2.34. The Morgan fingerprint density at radius 3 is 2.23 bits per heavy atom. The molecule has 1 aliphatic rings. The predicted octanol–water partition coefficient (Wildman–Crippen LogP) is 5.73. The lowest BCUT2D eigenvalue weighted by Crippen LogP contribution is -2.42. The first kappa shape index (κ1) is 25.4. The molecule has 7 heteroatoms. The number of hydrogen-bond donors (Lipinski definition) is 0. The van der Waals surface area contributed by atoms with E-state index < -0.39 is 11.8 Å². The van der Waals surface area contributed by atoms with Gasteiger partial charge in [0.25, 0.3) is 11.8 Å². The first-order valence-electron chi connectivity index (χ1n) is 12.6. The normalized spacial score (nSPS) is 14.6. The van der Waals surface area contributed by atoms with Crippen molar-refractivity contribution in [2.24, 2.45) is 0 Å². The molecule has 2 heterocycles. The number of amides is 2. The number of benzene rings is 3. The molecule has 5 rings (SSSR count). The number of hydrogen-bond acceptors (Lipinski definition) is 5. The van der Waals surface area contributed by atoms with E-state index in [4.69, 9.17) is 9.84 Å². The number of para-hydroxylation sites is 1. The molecule has 0 fully saturated rings. The van der Waals surface area contributed by atoms with Crippen molar-refractivity contribution in [2.75, 3.05) is 6.54 Å². The Bertz CT molecular complexity index is 1630. The van der Waals surface area contributed by atoms with Crippen molar-refractivity contribution in [1.82, 2.24) is 14.7 Å². The number of ether oxygens (including phenoxy) is 1. The van der Waals surface area contributed by atoms with E-state index in [1.165, 1.54) is 0 Å². The predicted molar refractivity (Wildman–Crippen MR) is 148 cm³/mol. The fraction of sp³-hybridized carbons (Fsp3) is 0.125. The van der Waals surface area contributed by atoms with Crippen LogP contribution in [-0.2, 0) is 16.2 Å². The van der Waals surface area contributed by atoms with Crippen molar-refractivity contribution < 1.29 is 14.3 Å². The van der Waals surface area contributed by atoms with Gasteiger partial charge in [0.15, 0.2) is 0 Å². The van der Waals surface area contributed by atoms with Crippen LogP contribution in [0.1, 0.15) is 25.0 Å². The van der Waals surface area contributed by atoms with Gasteiger partial charge in [-0.15, -0.1) is 0 Å². The first-order chi connectivity index (χ1) is 19.0. The summed E-state index contributed by atoms with van der Waals surface area (Å²) in [6.45, 7) is 3.98. The molecule has 0 saturated heterocycles. The zero-order chi connectivity index (χ0) is 27.4. The molecule has 0 atom stereocenters. The average Bonchev–Trinajstić information content (AvgIpc) is 3.40. The topological polar surface area (TPSA) is 88.2 Å². The first-order valence-corrected chi connectivity index (χ1v) is 12.6. The van der Waals surface area contributed by atoms with E-state index in [1.54, 1.807) is 24.6 Å². The van der Waals surface area contributed by atoms with E-state index >= 15 is 0 Å². The molecule has 0 aliphatic carbocycles. The fourth-order valence-corrected chi connectivity index (χ4v) is 4.45. The molecule has 1 aromatic heterocycles. The SMILES string of the molecule is CCN1C(=O)C(C#N)=C(C)/C(=C/c2cn(-c3ccccc3)nc2-c2ccc(OCc3ccccc3)cc2)C1=O. The van der Waals surface area contributed by atoms with Crippen LogP contribution in [0.3, 0.4) is 0 Å². The van der Waals surface area contributed by atoms with E-state index in [9.17, 15) is 14.9 Å². The Balaban J connectivity index is 1.55. The zero-order valence-corrected chi connectivity index (χ0v) is 21.7. The average molecular weight is 515 g/mol. The van der Waals surface area contributed by atoms with E-state index in [0.29, 0.717) is 29.0 Å². The second-order valence-electron chi connectivity index (χ2n) is 9.04. The maximum atomic E-state index is 13.3. The third-order valence-corrected chi connectivity index (χ3v) is 6.58. The Labute approximate surface area is 226 Å². The summed E-state index contributed by atoms with van der Waals surface area (Å²) in [5.74, 6) is -0.269. The van der Waals surface area contributed by atoms with Gasteiger partial charge in [-0.05, 0) is 67.5 Å². The minimum absolute atomic E-state index is 0.0281. The summed E-state index contributed by atoms with van der Waals surface area (Å²) >= 11 is 0. The number of aromatic nitrogens is 2. The smallest absolute Gasteiger partial charge is 0.271 e. The molecule has 0 spiro atoms. The molecule has 7 nitrogen and oxygen atoms in total. The number of imide groups is 1. The lowest BCUT2D eigenvalue weighted by molar-refractivity contribution is -0.140. The molecule has 192 valence electrons. The van der Waals surface area contributed by atoms with E-state index in [1.807, 2.05) is 97.2 Å². The fourth-order valence-electron chi connectivity index (χ4n) is 4.45. The van der Waals surface area contributed by atoms with Crippen molar-refractivity contribution in [1.29, 1.82) is 5.26 Å². The van der Waals surface area contributed by atoms with Crippen LogP contribution in [0.5, 0.6) is 5.75 Å². The molecule has 39 heavy (non-hydrogen) atoms. The highest BCUT2D eigenvalue weighted by atomic mass is 16.5. The number of nitriles is 1. The molecule has 0 unspecified atom stereocenters. The van der Waals surface area contributed by atoms with Gasteiger partial charge >= 0.3 is 0 Å². The molecule has 0 saturated carbocycles. The van der Waals surface area contributed by atoms with Gasteiger partial charge in [0.1, 0.15) is 24.0 Å². The van der Waals surface area contributed by atoms with E-state index in [0.717, 1.165) is 27.5 Å². The van der Waals surface area contributed by atoms with Crippen LogP contribution in [0.2, 0.25) is 0 Å². The molecule has 0 bridgehead atoms. The summed E-state index contributed by atoms with van der Waals surface area (Å²) in [6.07, 6.45) is 3.56. The van der Waals surface area contributed by atoms with Gasteiger partial charge < -0.3 is 4.74 Å². The van der Waals surface area contributed by atoms with Crippen LogP contribution in [0.25, 0.3) is 23.0 Å². The number of carbonyl (C=O) groups excluding carboxylic acids is 2. The molecule has 1 aliphatic heterocycles. The van der Waals surface area contributed by atoms with Gasteiger partial charge in [0.2, 0.25) is 0 Å². The Morgan fingerprint density at radius 1 is 0.923 bits per heavy atom. The maximum Gasteiger partial charge on any atom is 0.271 e. The monoisotopic (exact) mass is 514 g/mol. The molecule has 0 radical (unpaired) electrons. The Kier molecular flexibility index (Phi) is 7.19. The second-order valence-corrected chi connectivity index (χ2v) is 9.04. The summed E-state index contributed by atoms with van der Waals surface area (Å²) in [5, 5.41) is 14.5. The van der Waals surface area contributed by atoms with E-state index in [2.05, 4.69) is 0 Å². The largest absolute Gasteiger partial charge is 0.489 e. The third-order valence-electron chi connectivity index (χ3n) is 6.58. The molecule has 4 aromatic rings. The third kappa shape index (κ3) is 5.13. The van der Waals surface area contributed by atoms with Crippen LogP contribution >= 0.6 is 0 Å². The minimum Gasteiger partial charge on any atom is -0.489 e. The highest BCUT2D eigenvalue weighted by molar-refractivity contribution is 6.19. The minimum atomic E-state index is -0.564.